The Morgan fingerprint density at radius 3 is 2.62 bits per heavy atom. The summed E-state index contributed by atoms with van der Waals surface area (Å²) < 4.78 is 10.4. The monoisotopic (exact) mass is 221 g/mol. The summed E-state index contributed by atoms with van der Waals surface area (Å²) in [7, 11) is 1.50. The van der Waals surface area contributed by atoms with Crippen molar-refractivity contribution in [2.75, 3.05) is 13.7 Å². The number of para-hydroxylation sites is 1. The fraction of sp³-hybridized carbons (Fsp3) is 0.462. The normalized spacial score (nSPS) is 10.2. The molecule has 0 heterocycles. The third kappa shape index (κ3) is 3.57. The van der Waals surface area contributed by atoms with Gasteiger partial charge in [-0.05, 0) is 17.5 Å². The van der Waals surface area contributed by atoms with Crippen molar-refractivity contribution in [3.8, 4) is 5.75 Å². The number of hydrogen-bond donors (Lipinski definition) is 1. The van der Waals surface area contributed by atoms with Crippen LogP contribution in [0.15, 0.2) is 24.3 Å². The molecule has 3 nitrogen and oxygen atoms in total. The lowest BCUT2D eigenvalue weighted by molar-refractivity contribution is 0.304. The van der Waals surface area contributed by atoms with E-state index in [0.717, 1.165) is 5.75 Å². The highest BCUT2D eigenvalue weighted by molar-refractivity contribution is 5.72. The van der Waals surface area contributed by atoms with Crippen molar-refractivity contribution < 1.29 is 9.47 Å². The maximum Gasteiger partial charge on any atom is 0.183 e. The van der Waals surface area contributed by atoms with Gasteiger partial charge in [-0.15, -0.1) is 0 Å². The molecule has 3 heteroatoms. The summed E-state index contributed by atoms with van der Waals surface area (Å²) in [4.78, 5) is 0. The van der Waals surface area contributed by atoms with Crippen molar-refractivity contribution in [3.63, 3.8) is 0 Å². The molecule has 0 saturated carbocycles. The predicted octanol–water partition coefficient (Wildman–Crippen LogP) is 3.20. The smallest absolute Gasteiger partial charge is 0.183 e. The lowest BCUT2D eigenvalue weighted by atomic mass is 10.0. The molecule has 0 amide bonds. The van der Waals surface area contributed by atoms with Crippen LogP contribution in [0.4, 0.5) is 0 Å². The molecule has 0 atom stereocenters. The van der Waals surface area contributed by atoms with Gasteiger partial charge < -0.3 is 9.47 Å². The van der Waals surface area contributed by atoms with E-state index in [4.69, 9.17) is 14.9 Å². The van der Waals surface area contributed by atoms with Gasteiger partial charge in [0.15, 0.2) is 5.90 Å². The average molecular weight is 221 g/mol. The number of rotatable bonds is 5. The van der Waals surface area contributed by atoms with Gasteiger partial charge in [-0.2, -0.15) is 0 Å². The molecule has 0 aliphatic carbocycles. The van der Waals surface area contributed by atoms with Crippen molar-refractivity contribution in [3.05, 3.63) is 29.8 Å². The van der Waals surface area contributed by atoms with E-state index in [2.05, 4.69) is 19.9 Å². The zero-order valence-corrected chi connectivity index (χ0v) is 10.1. The molecule has 0 bridgehead atoms. The van der Waals surface area contributed by atoms with Gasteiger partial charge >= 0.3 is 0 Å². The van der Waals surface area contributed by atoms with E-state index in [1.165, 1.54) is 12.7 Å². The van der Waals surface area contributed by atoms with Crippen LogP contribution in [0.3, 0.4) is 0 Å². The van der Waals surface area contributed by atoms with Crippen molar-refractivity contribution in [2.45, 2.75) is 26.2 Å². The summed E-state index contributed by atoms with van der Waals surface area (Å²) >= 11 is 0. The zero-order valence-electron chi connectivity index (χ0n) is 10.1. The molecule has 0 aliphatic heterocycles. The van der Waals surface area contributed by atoms with E-state index in [1.54, 1.807) is 0 Å². The molecule has 1 rings (SSSR count). The minimum atomic E-state index is 0.252. The van der Waals surface area contributed by atoms with Crippen molar-refractivity contribution >= 4 is 5.90 Å². The molecule has 0 aliphatic rings. The van der Waals surface area contributed by atoms with Gasteiger partial charge in [0.25, 0.3) is 0 Å². The average Bonchev–Trinajstić information content (AvgIpc) is 2.29. The first kappa shape index (κ1) is 12.6. The molecule has 1 N–H and O–H groups in total. The Balaban J connectivity index is 2.56. The van der Waals surface area contributed by atoms with E-state index >= 15 is 0 Å². The Morgan fingerprint density at radius 2 is 2.00 bits per heavy atom. The fourth-order valence-corrected chi connectivity index (χ4v) is 1.44. The summed E-state index contributed by atoms with van der Waals surface area (Å²) in [6, 6.07) is 8.01. The van der Waals surface area contributed by atoms with Crippen LogP contribution in [-0.4, -0.2) is 19.6 Å². The summed E-state index contributed by atoms with van der Waals surface area (Å²) in [6.07, 6.45) is 0.503. The predicted molar refractivity (Wildman–Crippen MR) is 65.4 cm³/mol. The van der Waals surface area contributed by atoms with Crippen LogP contribution < -0.4 is 4.74 Å². The van der Waals surface area contributed by atoms with Crippen LogP contribution in [0.5, 0.6) is 5.75 Å². The van der Waals surface area contributed by atoms with Crippen LogP contribution in [0.25, 0.3) is 0 Å². The highest BCUT2D eigenvalue weighted by Gasteiger charge is 2.06. The number of ether oxygens (including phenoxy) is 2. The second-order valence-corrected chi connectivity index (χ2v) is 3.92. The van der Waals surface area contributed by atoms with Gasteiger partial charge in [0.1, 0.15) is 5.75 Å². The quantitative estimate of drug-likeness (QED) is 0.612. The molecule has 0 radical (unpaired) electrons. The Morgan fingerprint density at radius 1 is 1.31 bits per heavy atom. The molecule has 16 heavy (non-hydrogen) atoms. The molecular weight excluding hydrogens is 202 g/mol. The Bertz CT molecular complexity index is 348. The van der Waals surface area contributed by atoms with E-state index in [0.29, 0.717) is 18.9 Å². The zero-order chi connectivity index (χ0) is 12.0. The summed E-state index contributed by atoms with van der Waals surface area (Å²) in [6.45, 7) is 4.76. The highest BCUT2D eigenvalue weighted by atomic mass is 16.5. The Kier molecular flexibility index (Phi) is 4.83. The molecule has 0 spiro atoms. The molecule has 0 saturated heterocycles. The van der Waals surface area contributed by atoms with Crippen LogP contribution >= 0.6 is 0 Å². The number of methoxy groups -OCH3 is 1. The highest BCUT2D eigenvalue weighted by Crippen LogP contribution is 2.25. The first-order chi connectivity index (χ1) is 7.65. The molecule has 1 aromatic rings. The van der Waals surface area contributed by atoms with Gasteiger partial charge in [0.2, 0.25) is 0 Å². The Labute approximate surface area is 96.9 Å². The van der Waals surface area contributed by atoms with Crippen LogP contribution in [0, 0.1) is 5.41 Å². The van der Waals surface area contributed by atoms with Gasteiger partial charge in [0, 0.05) is 0 Å². The fourth-order valence-electron chi connectivity index (χ4n) is 1.44. The van der Waals surface area contributed by atoms with E-state index in [-0.39, 0.29) is 5.90 Å². The summed E-state index contributed by atoms with van der Waals surface area (Å²) in [5.74, 6) is 1.60. The van der Waals surface area contributed by atoms with Crippen molar-refractivity contribution in [2.24, 2.45) is 0 Å². The topological polar surface area (TPSA) is 42.3 Å². The molecule has 0 fully saturated rings. The molecular formula is C13H19NO2. The van der Waals surface area contributed by atoms with Crippen LogP contribution in [0.1, 0.15) is 31.7 Å². The van der Waals surface area contributed by atoms with Gasteiger partial charge in [-0.3, -0.25) is 5.41 Å². The lowest BCUT2D eigenvalue weighted by Gasteiger charge is -2.13. The van der Waals surface area contributed by atoms with Gasteiger partial charge in [0.05, 0.1) is 20.1 Å². The van der Waals surface area contributed by atoms with E-state index in [1.807, 2.05) is 18.2 Å². The third-order valence-corrected chi connectivity index (χ3v) is 2.37. The molecule has 88 valence electrons. The largest absolute Gasteiger partial charge is 0.493 e. The van der Waals surface area contributed by atoms with E-state index in [9.17, 15) is 0 Å². The second-order valence-electron chi connectivity index (χ2n) is 3.92. The maximum absolute atomic E-state index is 7.34. The number of benzene rings is 1. The van der Waals surface area contributed by atoms with Gasteiger partial charge in [-0.25, -0.2) is 0 Å². The van der Waals surface area contributed by atoms with E-state index < -0.39 is 0 Å². The van der Waals surface area contributed by atoms with Gasteiger partial charge in [-0.1, -0.05) is 32.0 Å². The van der Waals surface area contributed by atoms with Crippen molar-refractivity contribution in [1.29, 1.82) is 5.41 Å². The minimum Gasteiger partial charge on any atom is -0.493 e. The molecule has 0 aromatic heterocycles. The van der Waals surface area contributed by atoms with Crippen LogP contribution in [-0.2, 0) is 4.74 Å². The minimum absolute atomic E-state index is 0.252. The SMILES string of the molecule is COC(=N)CCOc1ccccc1C(C)C. The lowest BCUT2D eigenvalue weighted by Crippen LogP contribution is -2.08. The summed E-state index contributed by atoms with van der Waals surface area (Å²) in [5, 5.41) is 7.34. The standard InChI is InChI=1S/C13H19NO2/c1-10(2)11-6-4-5-7-12(11)16-9-8-13(14)15-3/h4-7,10,14H,8-9H2,1-3H3. The molecule has 0 unspecified atom stereocenters. The maximum atomic E-state index is 7.34. The van der Waals surface area contributed by atoms with Crippen LogP contribution in [0.2, 0.25) is 0 Å². The summed E-state index contributed by atoms with van der Waals surface area (Å²) in [5.41, 5.74) is 1.20. The third-order valence-electron chi connectivity index (χ3n) is 2.37. The first-order valence-electron chi connectivity index (χ1n) is 5.48. The number of nitrogens with one attached hydrogen (secondary N) is 1. The molecule has 1 aromatic carbocycles. The number of hydrogen-bond acceptors (Lipinski definition) is 3. The second kappa shape index (κ2) is 6.16. The first-order valence-corrected chi connectivity index (χ1v) is 5.48. The van der Waals surface area contributed by atoms with Crippen molar-refractivity contribution in [1.82, 2.24) is 0 Å². The Hall–Kier alpha value is -1.51.